The minimum absolute atomic E-state index is 0.0897. The van der Waals surface area contributed by atoms with Gasteiger partial charge in [0.1, 0.15) is 11.6 Å². The monoisotopic (exact) mass is 531 g/mol. The van der Waals surface area contributed by atoms with Gasteiger partial charge in [-0.05, 0) is 72.8 Å². The van der Waals surface area contributed by atoms with Crippen molar-refractivity contribution in [2.75, 3.05) is 19.6 Å². The summed E-state index contributed by atoms with van der Waals surface area (Å²) in [5, 5.41) is 13.8. The Labute approximate surface area is 233 Å². The molecule has 3 aromatic carbocycles. The highest BCUT2D eigenvalue weighted by Gasteiger charge is 2.23. The molecule has 7 heteroatoms. The van der Waals surface area contributed by atoms with Crippen molar-refractivity contribution in [2.24, 2.45) is 5.92 Å². The van der Waals surface area contributed by atoms with Gasteiger partial charge >= 0.3 is 0 Å². The number of phenolic OH excluding ortho intramolecular Hbond substituents is 1. The molecule has 3 heterocycles. The SMILES string of the molecule is CCc1ncccc1-c1ccc(O)c(-c2nc3ccc(C(=O)NCC4CCN(Cc5ccccc5)C4)cc3[nH]2)c1. The Morgan fingerprint density at radius 2 is 1.93 bits per heavy atom. The lowest BCUT2D eigenvalue weighted by Crippen LogP contribution is -2.30. The van der Waals surface area contributed by atoms with Crippen molar-refractivity contribution in [3.63, 3.8) is 0 Å². The topological polar surface area (TPSA) is 94.1 Å². The molecule has 1 fully saturated rings. The molecule has 3 N–H and O–H groups in total. The largest absolute Gasteiger partial charge is 0.507 e. The molecule has 0 saturated carbocycles. The summed E-state index contributed by atoms with van der Waals surface area (Å²) in [7, 11) is 0. The van der Waals surface area contributed by atoms with Crippen LogP contribution in [0.15, 0.2) is 85.1 Å². The van der Waals surface area contributed by atoms with Crippen LogP contribution in [-0.2, 0) is 13.0 Å². The highest BCUT2D eigenvalue weighted by atomic mass is 16.3. The van der Waals surface area contributed by atoms with Crippen LogP contribution in [0.1, 0.15) is 35.0 Å². The number of carbonyl (C=O) groups excluding carboxylic acids is 1. The number of carbonyl (C=O) groups is 1. The number of fused-ring (bicyclic) bond motifs is 1. The summed E-state index contributed by atoms with van der Waals surface area (Å²) in [5.41, 5.74) is 6.99. The number of aryl methyl sites for hydroxylation is 1. The summed E-state index contributed by atoms with van der Waals surface area (Å²) in [6, 6.07) is 25.5. The number of hydrogen-bond donors (Lipinski definition) is 3. The Kier molecular flexibility index (Phi) is 7.29. The quantitative estimate of drug-likeness (QED) is 0.235. The molecule has 5 aromatic rings. The number of rotatable bonds is 8. The molecule has 6 rings (SSSR count). The number of pyridine rings is 1. The van der Waals surface area contributed by atoms with Crippen molar-refractivity contribution in [2.45, 2.75) is 26.3 Å². The van der Waals surface area contributed by atoms with E-state index < -0.39 is 0 Å². The van der Waals surface area contributed by atoms with Gasteiger partial charge in [0.25, 0.3) is 5.91 Å². The van der Waals surface area contributed by atoms with Gasteiger partial charge in [-0.2, -0.15) is 0 Å². The lowest BCUT2D eigenvalue weighted by atomic mass is 10.00. The first kappa shape index (κ1) is 25.8. The van der Waals surface area contributed by atoms with Crippen molar-refractivity contribution in [3.05, 3.63) is 102 Å². The van der Waals surface area contributed by atoms with Crippen molar-refractivity contribution >= 4 is 16.9 Å². The summed E-state index contributed by atoms with van der Waals surface area (Å²) in [6.45, 7) is 5.72. The number of nitrogens with zero attached hydrogens (tertiary/aromatic N) is 3. The van der Waals surface area contributed by atoms with Crippen LogP contribution in [0.25, 0.3) is 33.5 Å². The van der Waals surface area contributed by atoms with E-state index in [0.29, 0.717) is 29.4 Å². The smallest absolute Gasteiger partial charge is 0.251 e. The molecule has 1 atom stereocenters. The lowest BCUT2D eigenvalue weighted by Gasteiger charge is -2.16. The van der Waals surface area contributed by atoms with Gasteiger partial charge in [-0.25, -0.2) is 4.98 Å². The molecule has 202 valence electrons. The number of hydrogen-bond acceptors (Lipinski definition) is 5. The fourth-order valence-electron chi connectivity index (χ4n) is 5.56. The number of imidazole rings is 1. The van der Waals surface area contributed by atoms with E-state index in [-0.39, 0.29) is 11.7 Å². The Morgan fingerprint density at radius 1 is 1.05 bits per heavy atom. The van der Waals surface area contributed by atoms with E-state index in [1.54, 1.807) is 18.3 Å². The summed E-state index contributed by atoms with van der Waals surface area (Å²) in [6.07, 6.45) is 3.69. The predicted molar refractivity (Wildman–Crippen MR) is 158 cm³/mol. The van der Waals surface area contributed by atoms with Gasteiger partial charge in [0, 0.05) is 42.7 Å². The van der Waals surface area contributed by atoms with Crippen LogP contribution in [0.4, 0.5) is 0 Å². The van der Waals surface area contributed by atoms with Crippen LogP contribution in [0.2, 0.25) is 0 Å². The molecule has 0 aliphatic carbocycles. The molecule has 40 heavy (non-hydrogen) atoms. The van der Waals surface area contributed by atoms with E-state index in [0.717, 1.165) is 60.3 Å². The van der Waals surface area contributed by atoms with E-state index in [1.165, 1.54) is 5.56 Å². The normalized spacial score (nSPS) is 15.5. The average molecular weight is 532 g/mol. The molecule has 1 saturated heterocycles. The van der Waals surface area contributed by atoms with E-state index in [2.05, 4.69) is 51.4 Å². The van der Waals surface area contributed by atoms with Crippen LogP contribution in [0, 0.1) is 5.92 Å². The van der Waals surface area contributed by atoms with Crippen molar-refractivity contribution in [1.82, 2.24) is 25.2 Å². The number of benzene rings is 3. The van der Waals surface area contributed by atoms with Crippen LogP contribution < -0.4 is 5.32 Å². The van der Waals surface area contributed by atoms with E-state index in [4.69, 9.17) is 4.98 Å². The summed E-state index contributed by atoms with van der Waals surface area (Å²) in [5.74, 6) is 1.05. The highest BCUT2D eigenvalue weighted by molar-refractivity contribution is 5.97. The van der Waals surface area contributed by atoms with Gasteiger partial charge in [0.15, 0.2) is 0 Å². The second-order valence-electron chi connectivity index (χ2n) is 10.5. The lowest BCUT2D eigenvalue weighted by molar-refractivity contribution is 0.0947. The number of aromatic amines is 1. The summed E-state index contributed by atoms with van der Waals surface area (Å²) in [4.78, 5) is 28.0. The predicted octanol–water partition coefficient (Wildman–Crippen LogP) is 5.81. The van der Waals surface area contributed by atoms with Crippen molar-refractivity contribution < 1.29 is 9.90 Å². The van der Waals surface area contributed by atoms with Crippen molar-refractivity contribution in [1.29, 1.82) is 0 Å². The molecule has 7 nitrogen and oxygen atoms in total. The van der Waals surface area contributed by atoms with Gasteiger partial charge in [0.2, 0.25) is 0 Å². The van der Waals surface area contributed by atoms with E-state index in [9.17, 15) is 9.90 Å². The number of likely N-dealkylation sites (tertiary alicyclic amines) is 1. The number of aromatic hydroxyl groups is 1. The van der Waals surface area contributed by atoms with Gasteiger partial charge < -0.3 is 15.4 Å². The second kappa shape index (κ2) is 11.3. The molecule has 2 aromatic heterocycles. The Bertz CT molecular complexity index is 1650. The first-order chi connectivity index (χ1) is 19.6. The number of amides is 1. The number of phenols is 1. The molecule has 1 unspecified atom stereocenters. The van der Waals surface area contributed by atoms with E-state index >= 15 is 0 Å². The minimum Gasteiger partial charge on any atom is -0.507 e. The molecule has 1 aliphatic heterocycles. The minimum atomic E-state index is -0.0897. The molecular weight excluding hydrogens is 498 g/mol. The van der Waals surface area contributed by atoms with Gasteiger partial charge in [0.05, 0.1) is 16.6 Å². The third-order valence-corrected chi connectivity index (χ3v) is 7.70. The first-order valence-corrected chi connectivity index (χ1v) is 13.9. The van der Waals surface area contributed by atoms with Crippen LogP contribution in [0.3, 0.4) is 0 Å². The molecule has 1 amide bonds. The third kappa shape index (κ3) is 5.46. The Balaban J connectivity index is 1.14. The molecule has 0 radical (unpaired) electrons. The summed E-state index contributed by atoms with van der Waals surface area (Å²) >= 11 is 0. The number of nitrogens with one attached hydrogen (secondary N) is 2. The maximum atomic E-state index is 13.0. The van der Waals surface area contributed by atoms with Crippen LogP contribution in [-0.4, -0.2) is 50.5 Å². The molecule has 0 spiro atoms. The van der Waals surface area contributed by atoms with Crippen molar-refractivity contribution in [3.8, 4) is 28.3 Å². The molecule has 1 aliphatic rings. The third-order valence-electron chi connectivity index (χ3n) is 7.70. The number of H-pyrrole nitrogens is 1. The molecule has 0 bridgehead atoms. The maximum Gasteiger partial charge on any atom is 0.251 e. The number of aromatic nitrogens is 3. The summed E-state index contributed by atoms with van der Waals surface area (Å²) < 4.78 is 0. The maximum absolute atomic E-state index is 13.0. The highest BCUT2D eigenvalue weighted by Crippen LogP contribution is 2.34. The zero-order chi connectivity index (χ0) is 27.5. The van der Waals surface area contributed by atoms with Gasteiger partial charge in [-0.15, -0.1) is 0 Å². The van der Waals surface area contributed by atoms with Gasteiger partial charge in [-0.1, -0.05) is 49.4 Å². The zero-order valence-corrected chi connectivity index (χ0v) is 22.6. The average Bonchev–Trinajstić information content (AvgIpc) is 3.63. The standard InChI is InChI=1S/C33H33N5O2/c1-2-28-26(9-6-15-34-28)24-11-13-31(39)27(17-24)32-36-29-12-10-25(18-30(29)37-32)33(40)35-19-23-14-16-38(21-23)20-22-7-4-3-5-8-22/h3-13,15,17-18,23,39H,2,14,16,19-21H2,1H3,(H,35,40)(H,36,37). The van der Waals surface area contributed by atoms with Crippen LogP contribution in [0.5, 0.6) is 5.75 Å². The fourth-order valence-corrected chi connectivity index (χ4v) is 5.56. The van der Waals surface area contributed by atoms with Crippen LogP contribution >= 0.6 is 0 Å². The molecular formula is C33H33N5O2. The van der Waals surface area contributed by atoms with E-state index in [1.807, 2.05) is 42.5 Å². The first-order valence-electron chi connectivity index (χ1n) is 13.9. The Hall–Kier alpha value is -4.49. The Morgan fingerprint density at radius 3 is 2.77 bits per heavy atom. The van der Waals surface area contributed by atoms with Gasteiger partial charge in [-0.3, -0.25) is 14.7 Å². The zero-order valence-electron chi connectivity index (χ0n) is 22.6. The second-order valence-corrected chi connectivity index (χ2v) is 10.5. The fraction of sp³-hybridized carbons (Fsp3) is 0.242.